The minimum atomic E-state index is -0.561. The fourth-order valence-electron chi connectivity index (χ4n) is 2.71. The molecule has 0 bridgehead atoms. The standard InChI is InChI=1S/C18H17ClN4O3/c19-16-14(20-8-9-21-16)11-22-17(24)15-7-4-10-23(15)18(25)26-12-13-5-2-1-3-6-13/h2,5-6,8-9,15H,4,7,10-12H2,(H,22,24)/t15-/m0/s1. The summed E-state index contributed by atoms with van der Waals surface area (Å²) in [6, 6.07) is 10.2. The van der Waals surface area contributed by atoms with Crippen LogP contribution in [0.25, 0.3) is 0 Å². The van der Waals surface area contributed by atoms with Crippen molar-refractivity contribution in [2.75, 3.05) is 6.54 Å². The summed E-state index contributed by atoms with van der Waals surface area (Å²) in [5.41, 5.74) is 1.29. The first-order valence-electron chi connectivity index (χ1n) is 8.18. The Bertz CT molecular complexity index is 772. The molecule has 0 unspecified atom stereocenters. The molecule has 2 amide bonds. The minimum Gasteiger partial charge on any atom is -0.445 e. The van der Waals surface area contributed by atoms with Gasteiger partial charge in [0.1, 0.15) is 12.6 Å². The molecule has 0 radical (unpaired) electrons. The van der Waals surface area contributed by atoms with E-state index in [0.29, 0.717) is 18.7 Å². The number of carbonyl (C=O) groups is 2. The maximum absolute atomic E-state index is 12.5. The van der Waals surface area contributed by atoms with Crippen molar-refractivity contribution in [1.82, 2.24) is 20.2 Å². The molecule has 0 spiro atoms. The Hall–Kier alpha value is -2.85. The summed E-state index contributed by atoms with van der Waals surface area (Å²) in [5, 5.41) is 3.00. The van der Waals surface area contributed by atoms with Gasteiger partial charge in [0.15, 0.2) is 5.15 Å². The number of amides is 2. The maximum Gasteiger partial charge on any atom is 0.410 e. The van der Waals surface area contributed by atoms with Crippen molar-refractivity contribution in [3.63, 3.8) is 0 Å². The van der Waals surface area contributed by atoms with Crippen LogP contribution in [-0.4, -0.2) is 39.5 Å². The molecule has 1 aromatic carbocycles. The molecule has 1 aliphatic heterocycles. The number of rotatable bonds is 5. The van der Waals surface area contributed by atoms with Crippen molar-refractivity contribution in [2.45, 2.75) is 32.0 Å². The van der Waals surface area contributed by atoms with Gasteiger partial charge in [0, 0.05) is 18.9 Å². The highest BCUT2D eigenvalue weighted by molar-refractivity contribution is 6.29. The van der Waals surface area contributed by atoms with Gasteiger partial charge in [0.2, 0.25) is 5.91 Å². The predicted molar refractivity (Wildman–Crippen MR) is 92.9 cm³/mol. The zero-order valence-electron chi connectivity index (χ0n) is 13.9. The molecule has 1 fully saturated rings. The van der Waals surface area contributed by atoms with E-state index in [-0.39, 0.29) is 24.2 Å². The molecule has 0 aliphatic carbocycles. The summed E-state index contributed by atoms with van der Waals surface area (Å²) in [6.45, 7) is 0.767. The number of nitrogens with one attached hydrogen (secondary N) is 1. The number of halogens is 1. The zero-order chi connectivity index (χ0) is 18.4. The minimum absolute atomic E-state index is 0.129. The van der Waals surface area contributed by atoms with E-state index in [1.165, 1.54) is 17.3 Å². The molecule has 0 saturated carbocycles. The van der Waals surface area contributed by atoms with E-state index < -0.39 is 12.1 Å². The Kier molecular flexibility index (Phi) is 5.87. The van der Waals surface area contributed by atoms with E-state index >= 15 is 0 Å². The lowest BCUT2D eigenvalue weighted by molar-refractivity contribution is -0.125. The van der Waals surface area contributed by atoms with Gasteiger partial charge < -0.3 is 10.1 Å². The molecule has 26 heavy (non-hydrogen) atoms. The van der Waals surface area contributed by atoms with E-state index in [1.807, 2.05) is 0 Å². The third-order valence-corrected chi connectivity index (χ3v) is 4.34. The number of aromatic nitrogens is 2. The first-order chi connectivity index (χ1) is 12.6. The Balaban J connectivity index is 1.54. The normalized spacial score (nSPS) is 16.0. The van der Waals surface area contributed by atoms with Crippen molar-refractivity contribution in [1.29, 1.82) is 0 Å². The highest BCUT2D eigenvalue weighted by Gasteiger charge is 2.35. The van der Waals surface area contributed by atoms with Crippen LogP contribution < -0.4 is 5.32 Å². The summed E-state index contributed by atoms with van der Waals surface area (Å²) in [5.74, 6) is -0.260. The smallest absolute Gasteiger partial charge is 0.410 e. The molecule has 134 valence electrons. The van der Waals surface area contributed by atoms with E-state index in [4.69, 9.17) is 16.3 Å². The highest BCUT2D eigenvalue weighted by Crippen LogP contribution is 2.19. The van der Waals surface area contributed by atoms with Gasteiger partial charge in [-0.05, 0) is 36.6 Å². The van der Waals surface area contributed by atoms with Gasteiger partial charge >= 0.3 is 6.09 Å². The topological polar surface area (TPSA) is 84.4 Å². The molecule has 1 aliphatic rings. The summed E-state index contributed by atoms with van der Waals surface area (Å²) in [6.07, 6.45) is 3.81. The van der Waals surface area contributed by atoms with Crippen LogP contribution in [0.4, 0.5) is 4.79 Å². The Morgan fingerprint density at radius 1 is 1.35 bits per heavy atom. The van der Waals surface area contributed by atoms with Crippen LogP contribution in [0.2, 0.25) is 5.15 Å². The fraction of sp³-hybridized carbons (Fsp3) is 0.333. The second-order valence-corrected chi connectivity index (χ2v) is 6.12. The first-order valence-corrected chi connectivity index (χ1v) is 8.56. The molecule has 2 aromatic rings. The Morgan fingerprint density at radius 2 is 2.19 bits per heavy atom. The zero-order valence-corrected chi connectivity index (χ0v) is 14.7. The van der Waals surface area contributed by atoms with Crippen LogP contribution in [0.3, 0.4) is 0 Å². The second kappa shape index (κ2) is 8.50. The van der Waals surface area contributed by atoms with Crippen LogP contribution in [0.15, 0.2) is 30.6 Å². The summed E-state index contributed by atoms with van der Waals surface area (Å²) >= 11 is 5.93. The molecule has 8 heteroatoms. The molecule has 1 aromatic heterocycles. The van der Waals surface area contributed by atoms with E-state index in [9.17, 15) is 9.59 Å². The van der Waals surface area contributed by atoms with Crippen LogP contribution in [-0.2, 0) is 22.7 Å². The lowest BCUT2D eigenvalue weighted by Crippen LogP contribution is -2.46. The number of likely N-dealkylation sites (tertiary alicyclic amines) is 1. The van der Waals surface area contributed by atoms with Crippen LogP contribution in [0.1, 0.15) is 24.1 Å². The van der Waals surface area contributed by atoms with Gasteiger partial charge in [-0.15, -0.1) is 0 Å². The fourth-order valence-corrected chi connectivity index (χ4v) is 2.88. The van der Waals surface area contributed by atoms with E-state index in [0.717, 1.165) is 12.0 Å². The van der Waals surface area contributed by atoms with Gasteiger partial charge in [-0.3, -0.25) is 14.7 Å². The van der Waals surface area contributed by atoms with Gasteiger partial charge in [-0.25, -0.2) is 9.78 Å². The number of hydrogen-bond donors (Lipinski definition) is 1. The SMILES string of the molecule is O=C(NCc1nccnc1Cl)[C@@H]1CCCN1C(=O)OCc1cc#ccc1. The molecule has 7 nitrogen and oxygen atoms in total. The Labute approximate surface area is 156 Å². The lowest BCUT2D eigenvalue weighted by Gasteiger charge is -2.23. The van der Waals surface area contributed by atoms with Gasteiger partial charge in [0.25, 0.3) is 0 Å². The van der Waals surface area contributed by atoms with E-state index in [2.05, 4.69) is 27.4 Å². The third-order valence-electron chi connectivity index (χ3n) is 4.03. The molecular formula is C18H17ClN4O3. The molecule has 2 heterocycles. The van der Waals surface area contributed by atoms with Gasteiger partial charge in [-0.1, -0.05) is 23.7 Å². The average molecular weight is 373 g/mol. The number of hydrogen-bond acceptors (Lipinski definition) is 5. The molecule has 1 saturated heterocycles. The summed E-state index contributed by atoms with van der Waals surface area (Å²) in [4.78, 5) is 34.2. The van der Waals surface area contributed by atoms with Crippen molar-refractivity contribution in [3.05, 3.63) is 59.1 Å². The summed E-state index contributed by atoms with van der Waals surface area (Å²) in [7, 11) is 0. The van der Waals surface area contributed by atoms with Gasteiger partial charge in [0.05, 0.1) is 12.2 Å². The molecule has 3 rings (SSSR count). The lowest BCUT2D eigenvalue weighted by atomic mass is 10.2. The van der Waals surface area contributed by atoms with Crippen LogP contribution in [0, 0.1) is 12.1 Å². The number of ether oxygens (including phenoxy) is 1. The van der Waals surface area contributed by atoms with Crippen LogP contribution in [0.5, 0.6) is 0 Å². The molecule has 1 atom stereocenters. The molecule has 1 N–H and O–H groups in total. The van der Waals surface area contributed by atoms with Gasteiger partial charge in [-0.2, -0.15) is 0 Å². The number of nitrogens with zero attached hydrogens (tertiary/aromatic N) is 3. The monoisotopic (exact) mass is 372 g/mol. The predicted octanol–water partition coefficient (Wildman–Crippen LogP) is 2.15. The maximum atomic E-state index is 12.5. The largest absolute Gasteiger partial charge is 0.445 e. The van der Waals surface area contributed by atoms with Crippen molar-refractivity contribution >= 4 is 23.6 Å². The number of carbonyl (C=O) groups excluding carboxylic acids is 2. The molecular weight excluding hydrogens is 356 g/mol. The van der Waals surface area contributed by atoms with Crippen LogP contribution >= 0.6 is 11.6 Å². The van der Waals surface area contributed by atoms with Crippen molar-refractivity contribution in [3.8, 4) is 0 Å². The Morgan fingerprint density at radius 3 is 2.96 bits per heavy atom. The first kappa shape index (κ1) is 18.0. The highest BCUT2D eigenvalue weighted by atomic mass is 35.5. The summed E-state index contributed by atoms with van der Waals surface area (Å²) < 4.78 is 5.30. The average Bonchev–Trinajstić information content (AvgIpc) is 3.16. The second-order valence-electron chi connectivity index (χ2n) is 5.76. The van der Waals surface area contributed by atoms with Crippen molar-refractivity contribution < 1.29 is 14.3 Å². The van der Waals surface area contributed by atoms with E-state index in [1.54, 1.807) is 18.2 Å². The quantitative estimate of drug-likeness (QED) is 0.869. The third kappa shape index (κ3) is 4.41. The van der Waals surface area contributed by atoms with Crippen molar-refractivity contribution in [2.24, 2.45) is 0 Å².